The lowest BCUT2D eigenvalue weighted by molar-refractivity contribution is -0.386. The second-order valence-electron chi connectivity index (χ2n) is 4.44. The molecule has 26 heavy (non-hydrogen) atoms. The summed E-state index contributed by atoms with van der Waals surface area (Å²) in [6.45, 7) is 0. The van der Waals surface area contributed by atoms with Crippen LogP contribution < -0.4 is 0 Å². The van der Waals surface area contributed by atoms with Gasteiger partial charge in [-0.1, -0.05) is 12.1 Å². The van der Waals surface area contributed by atoms with E-state index in [2.05, 4.69) is 0 Å². The number of phenolic OH excluding ortho intramolecular Hbond substituents is 1. The van der Waals surface area contributed by atoms with Crippen LogP contribution in [0, 0.1) is 20.2 Å². The van der Waals surface area contributed by atoms with Gasteiger partial charge in [0.1, 0.15) is 5.56 Å². The lowest BCUT2D eigenvalue weighted by atomic mass is 10.2. The Balaban J connectivity index is 0.000000260. The molecule has 0 radical (unpaired) electrons. The first-order valence-electron chi connectivity index (χ1n) is 6.43. The monoisotopic (exact) mass is 384 g/mol. The Hall–Kier alpha value is -3.73. The quantitative estimate of drug-likeness (QED) is 0.405. The Bertz CT molecular complexity index is 760. The number of rotatable bonds is 4. The number of carboxylic acid groups (broad SMARTS) is 1. The first kappa shape index (κ1) is 20.3. The Morgan fingerprint density at radius 3 is 1.58 bits per heavy atom. The summed E-state index contributed by atoms with van der Waals surface area (Å²) in [5.74, 6) is -2.92. The van der Waals surface area contributed by atoms with Gasteiger partial charge in [0.2, 0.25) is 11.5 Å². The number of carbonyl (C=O) groups is 2. The van der Waals surface area contributed by atoms with Crippen LogP contribution in [-0.4, -0.2) is 36.4 Å². The minimum absolute atomic E-state index is 0.268. The van der Waals surface area contributed by atoms with Crippen LogP contribution in [0.4, 0.5) is 11.4 Å². The van der Waals surface area contributed by atoms with E-state index in [4.69, 9.17) is 21.8 Å². The molecule has 136 valence electrons. The highest BCUT2D eigenvalue weighted by Gasteiger charge is 2.20. The second kappa shape index (κ2) is 8.39. The second-order valence-corrected chi connectivity index (χ2v) is 4.78. The van der Waals surface area contributed by atoms with Crippen LogP contribution in [0.2, 0.25) is 0 Å². The molecule has 0 atom stereocenters. The average Bonchev–Trinajstić information content (AvgIpc) is 2.54. The average molecular weight is 385 g/mol. The zero-order valence-corrected chi connectivity index (χ0v) is 13.3. The zero-order valence-electron chi connectivity index (χ0n) is 12.5. The fourth-order valence-electron chi connectivity index (χ4n) is 1.69. The molecule has 0 unspecified atom stereocenters. The van der Waals surface area contributed by atoms with E-state index in [0.717, 1.165) is 18.2 Å². The molecule has 0 aliphatic rings. The summed E-state index contributed by atoms with van der Waals surface area (Å²) in [7, 11) is 0. The van der Waals surface area contributed by atoms with E-state index in [-0.39, 0.29) is 5.56 Å². The molecule has 0 saturated carbocycles. The van der Waals surface area contributed by atoms with Gasteiger partial charge < -0.3 is 15.3 Å². The van der Waals surface area contributed by atoms with Crippen molar-refractivity contribution in [1.82, 2.24) is 0 Å². The van der Waals surface area contributed by atoms with Gasteiger partial charge in [0.15, 0.2) is 0 Å². The number of aromatic carboxylic acids is 1. The third-order valence-electron chi connectivity index (χ3n) is 2.87. The van der Waals surface area contributed by atoms with Gasteiger partial charge in [-0.15, -0.1) is 0 Å². The molecule has 11 nitrogen and oxygen atoms in total. The molecule has 0 fully saturated rings. The maximum Gasteiger partial charge on any atom is 0.339 e. The number of aromatic hydroxyl groups is 2. The molecule has 0 amide bonds. The number of hydrogen-bond acceptors (Lipinski definition) is 8. The normalized spacial score (nSPS) is 9.58. The maximum absolute atomic E-state index is 10.6. The van der Waals surface area contributed by atoms with E-state index < -0.39 is 49.5 Å². The Morgan fingerprint density at radius 2 is 1.23 bits per heavy atom. The number of benzene rings is 2. The summed E-state index contributed by atoms with van der Waals surface area (Å²) < 4.78 is 0. The predicted octanol–water partition coefficient (Wildman–Crippen LogP) is 2.68. The van der Waals surface area contributed by atoms with Crippen molar-refractivity contribution >= 4 is 34.2 Å². The minimum Gasteiger partial charge on any atom is -0.502 e. The number of nitrogens with zero attached hydrogens (tertiary/aromatic N) is 2. The van der Waals surface area contributed by atoms with Crippen LogP contribution in [0.3, 0.4) is 0 Å². The van der Waals surface area contributed by atoms with Gasteiger partial charge in [-0.25, -0.2) is 4.79 Å². The van der Waals surface area contributed by atoms with Crippen LogP contribution in [0.15, 0.2) is 36.4 Å². The van der Waals surface area contributed by atoms with Crippen LogP contribution in [-0.2, 0) is 0 Å². The zero-order chi connectivity index (χ0) is 20.0. The van der Waals surface area contributed by atoms with Crippen LogP contribution in [0.5, 0.6) is 11.5 Å². The van der Waals surface area contributed by atoms with Crippen molar-refractivity contribution in [2.45, 2.75) is 0 Å². The number of phenols is 2. The summed E-state index contributed by atoms with van der Waals surface area (Å²) in [5.41, 5.74) is -1.89. The highest BCUT2D eigenvalue weighted by Crippen LogP contribution is 2.30. The first-order chi connectivity index (χ1) is 12.1. The molecule has 2 rings (SSSR count). The van der Waals surface area contributed by atoms with Crippen molar-refractivity contribution in [3.63, 3.8) is 0 Å². The predicted molar refractivity (Wildman–Crippen MR) is 86.7 cm³/mol. The maximum atomic E-state index is 10.6. The van der Waals surface area contributed by atoms with Crippen molar-refractivity contribution in [3.05, 3.63) is 67.8 Å². The molecule has 0 spiro atoms. The van der Waals surface area contributed by atoms with Crippen molar-refractivity contribution in [3.8, 4) is 11.5 Å². The van der Waals surface area contributed by atoms with Gasteiger partial charge in [0.25, 0.3) is 5.24 Å². The summed E-state index contributed by atoms with van der Waals surface area (Å²) >= 11 is 5.06. The molecular formula is C14H9ClN2O9. The molecule has 0 aliphatic carbocycles. The number of para-hydroxylation sites is 2. The summed E-state index contributed by atoms with van der Waals surface area (Å²) in [5, 5.41) is 46.4. The van der Waals surface area contributed by atoms with Gasteiger partial charge in [0.05, 0.1) is 15.4 Å². The molecular weight excluding hydrogens is 376 g/mol. The number of nitro benzene ring substituents is 2. The highest BCUT2D eigenvalue weighted by molar-refractivity contribution is 6.68. The molecule has 2 aromatic rings. The number of carboxylic acids is 1. The van der Waals surface area contributed by atoms with Gasteiger partial charge in [-0.2, -0.15) is 0 Å². The number of halogens is 1. The topological polar surface area (TPSA) is 181 Å². The van der Waals surface area contributed by atoms with Gasteiger partial charge in [-0.3, -0.25) is 25.0 Å². The molecule has 12 heteroatoms. The number of carbonyl (C=O) groups excluding carboxylic acids is 1. The van der Waals surface area contributed by atoms with Crippen LogP contribution in [0.1, 0.15) is 20.7 Å². The number of hydrogen-bond donors (Lipinski definition) is 3. The van der Waals surface area contributed by atoms with Gasteiger partial charge >= 0.3 is 17.3 Å². The van der Waals surface area contributed by atoms with Crippen LogP contribution >= 0.6 is 11.6 Å². The van der Waals surface area contributed by atoms with E-state index in [9.17, 15) is 34.9 Å². The SMILES string of the molecule is O=C(Cl)c1cccc([N+](=O)[O-])c1O.O=C(O)c1cccc([N+](=O)[O-])c1O. The molecule has 0 aromatic heterocycles. The van der Waals surface area contributed by atoms with Crippen molar-refractivity contribution in [2.75, 3.05) is 0 Å². The Morgan fingerprint density at radius 1 is 0.846 bits per heavy atom. The molecule has 0 heterocycles. The summed E-state index contributed by atoms with van der Waals surface area (Å²) in [4.78, 5) is 39.9. The van der Waals surface area contributed by atoms with Gasteiger partial charge in [0, 0.05) is 12.1 Å². The van der Waals surface area contributed by atoms with Crippen molar-refractivity contribution in [1.29, 1.82) is 0 Å². The van der Waals surface area contributed by atoms with Gasteiger partial charge in [-0.05, 0) is 23.7 Å². The molecule has 2 aromatic carbocycles. The highest BCUT2D eigenvalue weighted by atomic mass is 35.5. The van der Waals surface area contributed by atoms with Crippen LogP contribution in [0.25, 0.3) is 0 Å². The largest absolute Gasteiger partial charge is 0.502 e. The van der Waals surface area contributed by atoms with Crippen molar-refractivity contribution < 1.29 is 34.8 Å². The van der Waals surface area contributed by atoms with E-state index in [0.29, 0.717) is 0 Å². The molecule has 0 aliphatic heterocycles. The standard InChI is InChI=1S/C7H4ClNO4.C7H5NO5/c8-7(11)4-2-1-3-5(6(4)10)9(12)13;9-6-4(7(10)11)2-1-3-5(6)8(12)13/h1-3,10H;1-3,9H,(H,10,11). The van der Waals surface area contributed by atoms with E-state index in [1.54, 1.807) is 0 Å². The lowest BCUT2D eigenvalue weighted by Crippen LogP contribution is -1.98. The fourth-order valence-corrected chi connectivity index (χ4v) is 1.84. The summed E-state index contributed by atoms with van der Waals surface area (Å²) in [6.07, 6.45) is 0. The minimum atomic E-state index is -1.40. The fraction of sp³-hybridized carbons (Fsp3) is 0. The van der Waals surface area contributed by atoms with E-state index in [1.807, 2.05) is 0 Å². The van der Waals surface area contributed by atoms with E-state index >= 15 is 0 Å². The molecule has 0 saturated heterocycles. The lowest BCUT2D eigenvalue weighted by Gasteiger charge is -1.98. The first-order valence-corrected chi connectivity index (χ1v) is 6.81. The molecule has 3 N–H and O–H groups in total. The Labute approximate surface area is 149 Å². The third-order valence-corrected chi connectivity index (χ3v) is 3.07. The van der Waals surface area contributed by atoms with Crippen molar-refractivity contribution in [2.24, 2.45) is 0 Å². The molecule has 0 bridgehead atoms. The Kier molecular flexibility index (Phi) is 6.56. The summed E-state index contributed by atoms with van der Waals surface area (Å²) in [6, 6.07) is 6.87. The smallest absolute Gasteiger partial charge is 0.339 e. The van der Waals surface area contributed by atoms with E-state index in [1.165, 1.54) is 18.2 Å². The third kappa shape index (κ3) is 4.64. The number of nitro groups is 2.